The van der Waals surface area contributed by atoms with E-state index in [-0.39, 0.29) is 5.95 Å². The molecule has 0 amide bonds. The largest absolute Gasteiger partial charge is 0.368 e. The van der Waals surface area contributed by atoms with E-state index in [4.69, 9.17) is 5.73 Å². The van der Waals surface area contributed by atoms with Gasteiger partial charge in [0.15, 0.2) is 0 Å². The summed E-state index contributed by atoms with van der Waals surface area (Å²) in [7, 11) is 0. The van der Waals surface area contributed by atoms with Crippen molar-refractivity contribution in [3.05, 3.63) is 36.3 Å². The number of hydrogen-bond acceptors (Lipinski definition) is 4. The van der Waals surface area contributed by atoms with Gasteiger partial charge in [0, 0.05) is 23.7 Å². The van der Waals surface area contributed by atoms with Crippen LogP contribution in [0.25, 0.3) is 11.3 Å². The number of anilines is 1. The molecule has 0 atom stereocenters. The molecule has 0 saturated carbocycles. The molecule has 0 radical (unpaired) electrons. The number of nitrogens with zero attached hydrogens (tertiary/aromatic N) is 3. The molecule has 2 rings (SSSR count). The van der Waals surface area contributed by atoms with Gasteiger partial charge in [-0.1, -0.05) is 6.07 Å². The summed E-state index contributed by atoms with van der Waals surface area (Å²) in [5.74, 6) is 0.279. The Balaban J connectivity index is 2.44. The smallest absolute Gasteiger partial charge is 0.219 e. The molecule has 2 N–H and O–H groups in total. The molecule has 4 nitrogen and oxygen atoms in total. The third-order valence-electron chi connectivity index (χ3n) is 1.86. The average molecular weight is 186 g/mol. The monoisotopic (exact) mass is 186 g/mol. The second kappa shape index (κ2) is 3.41. The van der Waals surface area contributed by atoms with E-state index < -0.39 is 0 Å². The zero-order valence-corrected chi connectivity index (χ0v) is 7.81. The van der Waals surface area contributed by atoms with E-state index in [2.05, 4.69) is 15.0 Å². The molecule has 2 aromatic rings. The Kier molecular flexibility index (Phi) is 2.10. The highest BCUT2D eigenvalue weighted by molar-refractivity contribution is 5.57. The van der Waals surface area contributed by atoms with E-state index in [0.717, 1.165) is 17.0 Å². The van der Waals surface area contributed by atoms with Crippen LogP contribution in [0.3, 0.4) is 0 Å². The van der Waals surface area contributed by atoms with E-state index in [1.807, 2.05) is 25.1 Å². The van der Waals surface area contributed by atoms with E-state index in [1.165, 1.54) is 0 Å². The predicted molar refractivity (Wildman–Crippen MR) is 54.4 cm³/mol. The molecule has 0 aliphatic carbocycles. The van der Waals surface area contributed by atoms with Gasteiger partial charge in [0.05, 0.1) is 5.69 Å². The molecule has 0 bridgehead atoms. The fraction of sp³-hybridized carbons (Fsp3) is 0.100. The summed E-state index contributed by atoms with van der Waals surface area (Å²) < 4.78 is 0. The Labute approximate surface area is 81.9 Å². The van der Waals surface area contributed by atoms with Crippen LogP contribution in [-0.4, -0.2) is 15.0 Å². The lowest BCUT2D eigenvalue weighted by atomic mass is 10.2. The minimum atomic E-state index is 0.279. The van der Waals surface area contributed by atoms with Gasteiger partial charge in [0.2, 0.25) is 5.95 Å². The standard InChI is InChI=1S/C10H10N4/c1-7-3-2-4-9(14-7)8-5-12-10(11)13-6-8/h2-6H,1H3,(H2,11,12,13). The molecule has 70 valence electrons. The summed E-state index contributed by atoms with van der Waals surface area (Å²) in [6.45, 7) is 1.95. The summed E-state index contributed by atoms with van der Waals surface area (Å²) in [6, 6.07) is 5.82. The van der Waals surface area contributed by atoms with Gasteiger partial charge in [0.25, 0.3) is 0 Å². The second-order valence-electron chi connectivity index (χ2n) is 2.99. The Bertz CT molecular complexity index is 436. The molecule has 14 heavy (non-hydrogen) atoms. The SMILES string of the molecule is Cc1cccc(-c2cnc(N)nc2)n1. The maximum absolute atomic E-state index is 5.39. The second-order valence-corrected chi connectivity index (χ2v) is 2.99. The van der Waals surface area contributed by atoms with Crippen molar-refractivity contribution < 1.29 is 0 Å². The van der Waals surface area contributed by atoms with Gasteiger partial charge in [-0.3, -0.25) is 4.98 Å². The van der Waals surface area contributed by atoms with Crippen molar-refractivity contribution in [1.29, 1.82) is 0 Å². The molecule has 0 spiro atoms. The Morgan fingerprint density at radius 3 is 2.50 bits per heavy atom. The highest BCUT2D eigenvalue weighted by atomic mass is 15.0. The van der Waals surface area contributed by atoms with E-state index in [9.17, 15) is 0 Å². The summed E-state index contributed by atoms with van der Waals surface area (Å²) in [5, 5.41) is 0. The van der Waals surface area contributed by atoms with Crippen LogP contribution in [0.2, 0.25) is 0 Å². The van der Waals surface area contributed by atoms with Crippen LogP contribution in [0.1, 0.15) is 5.69 Å². The molecule has 0 aromatic carbocycles. The molecule has 2 heterocycles. The van der Waals surface area contributed by atoms with Gasteiger partial charge in [-0.15, -0.1) is 0 Å². The summed E-state index contributed by atoms with van der Waals surface area (Å²) >= 11 is 0. The predicted octanol–water partition coefficient (Wildman–Crippen LogP) is 1.43. The van der Waals surface area contributed by atoms with Gasteiger partial charge < -0.3 is 5.73 Å². The Morgan fingerprint density at radius 2 is 1.86 bits per heavy atom. The van der Waals surface area contributed by atoms with Gasteiger partial charge >= 0.3 is 0 Å². The maximum atomic E-state index is 5.39. The molecule has 0 aliphatic heterocycles. The summed E-state index contributed by atoms with van der Waals surface area (Å²) in [4.78, 5) is 12.2. The quantitative estimate of drug-likeness (QED) is 0.731. The van der Waals surface area contributed by atoms with E-state index in [0.29, 0.717) is 0 Å². The molecular formula is C10H10N4. The fourth-order valence-corrected chi connectivity index (χ4v) is 1.17. The van der Waals surface area contributed by atoms with Crippen molar-refractivity contribution in [2.24, 2.45) is 0 Å². The normalized spacial score (nSPS) is 10.1. The zero-order chi connectivity index (χ0) is 9.97. The fourth-order valence-electron chi connectivity index (χ4n) is 1.17. The van der Waals surface area contributed by atoms with Gasteiger partial charge in [-0.2, -0.15) is 0 Å². The van der Waals surface area contributed by atoms with Crippen molar-refractivity contribution >= 4 is 5.95 Å². The molecule has 0 unspecified atom stereocenters. The number of nitrogen functional groups attached to an aromatic ring is 1. The molecule has 0 saturated heterocycles. The van der Waals surface area contributed by atoms with Crippen LogP contribution in [0.5, 0.6) is 0 Å². The van der Waals surface area contributed by atoms with Crippen molar-refractivity contribution in [2.75, 3.05) is 5.73 Å². The zero-order valence-electron chi connectivity index (χ0n) is 7.81. The first-order chi connectivity index (χ1) is 6.75. The van der Waals surface area contributed by atoms with Crippen molar-refractivity contribution in [3.63, 3.8) is 0 Å². The van der Waals surface area contributed by atoms with Crippen LogP contribution >= 0.6 is 0 Å². The molecular weight excluding hydrogens is 176 g/mol. The first-order valence-corrected chi connectivity index (χ1v) is 4.27. The number of aromatic nitrogens is 3. The number of aryl methyl sites for hydroxylation is 1. The third kappa shape index (κ3) is 1.69. The van der Waals surface area contributed by atoms with Gasteiger partial charge in [-0.05, 0) is 19.1 Å². The van der Waals surface area contributed by atoms with Crippen molar-refractivity contribution in [3.8, 4) is 11.3 Å². The average Bonchev–Trinajstić information content (AvgIpc) is 2.19. The number of nitrogens with two attached hydrogens (primary N) is 1. The highest BCUT2D eigenvalue weighted by Crippen LogP contribution is 2.14. The van der Waals surface area contributed by atoms with Gasteiger partial charge in [0.1, 0.15) is 0 Å². The molecule has 4 heteroatoms. The first-order valence-electron chi connectivity index (χ1n) is 4.27. The lowest BCUT2D eigenvalue weighted by Gasteiger charge is -2.00. The van der Waals surface area contributed by atoms with Crippen LogP contribution < -0.4 is 5.73 Å². The number of rotatable bonds is 1. The number of hydrogen-bond donors (Lipinski definition) is 1. The van der Waals surface area contributed by atoms with Crippen molar-refractivity contribution in [2.45, 2.75) is 6.92 Å². The Hall–Kier alpha value is -1.97. The number of pyridine rings is 1. The Morgan fingerprint density at radius 1 is 1.14 bits per heavy atom. The maximum Gasteiger partial charge on any atom is 0.219 e. The van der Waals surface area contributed by atoms with Crippen LogP contribution in [0.15, 0.2) is 30.6 Å². The first kappa shape index (κ1) is 8.62. The van der Waals surface area contributed by atoms with Crippen LogP contribution in [0, 0.1) is 6.92 Å². The minimum absolute atomic E-state index is 0.279. The molecule has 2 aromatic heterocycles. The van der Waals surface area contributed by atoms with Crippen molar-refractivity contribution in [1.82, 2.24) is 15.0 Å². The molecule has 0 fully saturated rings. The third-order valence-corrected chi connectivity index (χ3v) is 1.86. The van der Waals surface area contributed by atoms with E-state index in [1.54, 1.807) is 12.4 Å². The lowest BCUT2D eigenvalue weighted by molar-refractivity contribution is 1.15. The lowest BCUT2D eigenvalue weighted by Crippen LogP contribution is -1.94. The highest BCUT2D eigenvalue weighted by Gasteiger charge is 1.99. The van der Waals surface area contributed by atoms with Crippen LogP contribution in [0.4, 0.5) is 5.95 Å². The summed E-state index contributed by atoms with van der Waals surface area (Å²) in [5.41, 5.74) is 8.11. The molecule has 0 aliphatic rings. The summed E-state index contributed by atoms with van der Waals surface area (Å²) in [6.07, 6.45) is 3.34. The topological polar surface area (TPSA) is 64.7 Å². The van der Waals surface area contributed by atoms with E-state index >= 15 is 0 Å². The van der Waals surface area contributed by atoms with Crippen LogP contribution in [-0.2, 0) is 0 Å². The minimum Gasteiger partial charge on any atom is -0.368 e. The van der Waals surface area contributed by atoms with Gasteiger partial charge in [-0.25, -0.2) is 9.97 Å².